The topological polar surface area (TPSA) is 34.2 Å². The SMILES string of the molecule is CCc1c[nH]cc1B1OC(C)(C)C(C)(C)O1. The van der Waals surface area contributed by atoms with Crippen LogP contribution in [0.25, 0.3) is 0 Å². The summed E-state index contributed by atoms with van der Waals surface area (Å²) >= 11 is 0. The van der Waals surface area contributed by atoms with Crippen LogP contribution in [0.1, 0.15) is 40.2 Å². The van der Waals surface area contributed by atoms with Gasteiger partial charge in [0.05, 0.1) is 11.2 Å². The van der Waals surface area contributed by atoms with Crippen molar-refractivity contribution in [3.63, 3.8) is 0 Å². The van der Waals surface area contributed by atoms with Gasteiger partial charge in [-0.3, -0.25) is 0 Å². The summed E-state index contributed by atoms with van der Waals surface area (Å²) < 4.78 is 12.0. The minimum Gasteiger partial charge on any atom is -0.399 e. The molecule has 1 aliphatic rings. The molecule has 1 fully saturated rings. The van der Waals surface area contributed by atoms with Gasteiger partial charge in [0.1, 0.15) is 0 Å². The third-order valence-corrected chi connectivity index (χ3v) is 3.76. The van der Waals surface area contributed by atoms with Crippen molar-refractivity contribution < 1.29 is 9.31 Å². The molecule has 0 spiro atoms. The molecular weight excluding hydrogens is 201 g/mol. The van der Waals surface area contributed by atoms with Crippen LogP contribution < -0.4 is 5.46 Å². The highest BCUT2D eigenvalue weighted by Crippen LogP contribution is 2.36. The van der Waals surface area contributed by atoms with Gasteiger partial charge in [-0.25, -0.2) is 0 Å². The fourth-order valence-corrected chi connectivity index (χ4v) is 1.90. The van der Waals surface area contributed by atoms with Crippen LogP contribution >= 0.6 is 0 Å². The van der Waals surface area contributed by atoms with Crippen LogP contribution in [-0.2, 0) is 15.7 Å². The maximum atomic E-state index is 6.01. The number of aryl methyl sites for hydroxylation is 1. The van der Waals surface area contributed by atoms with Crippen molar-refractivity contribution in [1.82, 2.24) is 4.98 Å². The second kappa shape index (κ2) is 3.64. The van der Waals surface area contributed by atoms with Crippen LogP contribution in [-0.4, -0.2) is 23.3 Å². The number of hydrogen-bond donors (Lipinski definition) is 1. The Morgan fingerprint density at radius 2 is 1.69 bits per heavy atom. The Bertz CT molecular complexity index is 368. The van der Waals surface area contributed by atoms with E-state index in [0.29, 0.717) is 0 Å². The lowest BCUT2D eigenvalue weighted by atomic mass is 9.78. The summed E-state index contributed by atoms with van der Waals surface area (Å²) in [6, 6.07) is 0. The molecule has 3 nitrogen and oxygen atoms in total. The van der Waals surface area contributed by atoms with Crippen molar-refractivity contribution in [3.8, 4) is 0 Å². The molecule has 0 radical (unpaired) electrons. The van der Waals surface area contributed by atoms with E-state index in [4.69, 9.17) is 9.31 Å². The van der Waals surface area contributed by atoms with Crippen molar-refractivity contribution in [2.75, 3.05) is 0 Å². The normalized spacial score (nSPS) is 22.7. The summed E-state index contributed by atoms with van der Waals surface area (Å²) in [5, 5.41) is 0. The molecule has 1 aromatic rings. The Labute approximate surface area is 97.7 Å². The molecule has 0 unspecified atom stereocenters. The van der Waals surface area contributed by atoms with Crippen LogP contribution in [0.3, 0.4) is 0 Å². The largest absolute Gasteiger partial charge is 0.496 e. The smallest absolute Gasteiger partial charge is 0.399 e. The third-order valence-electron chi connectivity index (χ3n) is 3.76. The second-order valence-electron chi connectivity index (χ2n) is 5.38. The zero-order valence-corrected chi connectivity index (χ0v) is 10.8. The van der Waals surface area contributed by atoms with Gasteiger partial charge in [-0.1, -0.05) is 6.92 Å². The van der Waals surface area contributed by atoms with Crippen LogP contribution in [0.4, 0.5) is 0 Å². The van der Waals surface area contributed by atoms with Crippen molar-refractivity contribution >= 4 is 12.6 Å². The van der Waals surface area contributed by atoms with Gasteiger partial charge in [0.25, 0.3) is 0 Å². The first kappa shape index (κ1) is 11.7. The molecule has 88 valence electrons. The predicted molar refractivity (Wildman–Crippen MR) is 65.9 cm³/mol. The summed E-state index contributed by atoms with van der Waals surface area (Å²) in [6.07, 6.45) is 4.98. The van der Waals surface area contributed by atoms with E-state index in [-0.39, 0.29) is 18.3 Å². The standard InChI is InChI=1S/C12H20BNO2/c1-6-9-7-14-8-10(9)13-15-11(2,3)12(4,5)16-13/h7-8,14H,6H2,1-5H3. The van der Waals surface area contributed by atoms with Gasteiger partial charge in [-0.05, 0) is 39.7 Å². The number of rotatable bonds is 2. The average Bonchev–Trinajstić information content (AvgIpc) is 2.69. The van der Waals surface area contributed by atoms with E-state index >= 15 is 0 Å². The lowest BCUT2D eigenvalue weighted by Gasteiger charge is -2.32. The lowest BCUT2D eigenvalue weighted by Crippen LogP contribution is -2.41. The van der Waals surface area contributed by atoms with Gasteiger partial charge in [-0.2, -0.15) is 0 Å². The van der Waals surface area contributed by atoms with E-state index in [0.717, 1.165) is 11.9 Å². The first-order chi connectivity index (χ1) is 7.37. The second-order valence-corrected chi connectivity index (χ2v) is 5.38. The molecule has 0 saturated carbocycles. The summed E-state index contributed by atoms with van der Waals surface area (Å²) in [6.45, 7) is 10.4. The number of H-pyrrole nitrogens is 1. The maximum Gasteiger partial charge on any atom is 0.496 e. The van der Waals surface area contributed by atoms with Gasteiger partial charge >= 0.3 is 7.12 Å². The third kappa shape index (κ3) is 1.70. The molecule has 0 aliphatic carbocycles. The van der Waals surface area contributed by atoms with Gasteiger partial charge in [0.2, 0.25) is 0 Å². The molecule has 0 bridgehead atoms. The number of aromatic nitrogens is 1. The Hall–Kier alpha value is -0.735. The van der Waals surface area contributed by atoms with Gasteiger partial charge in [0, 0.05) is 17.9 Å². The first-order valence-corrected chi connectivity index (χ1v) is 5.88. The molecule has 1 aromatic heterocycles. The molecule has 0 aromatic carbocycles. The molecule has 1 saturated heterocycles. The average molecular weight is 221 g/mol. The van der Waals surface area contributed by atoms with Gasteiger partial charge < -0.3 is 14.3 Å². The highest BCUT2D eigenvalue weighted by atomic mass is 16.7. The zero-order valence-electron chi connectivity index (χ0n) is 10.8. The highest BCUT2D eigenvalue weighted by molar-refractivity contribution is 6.62. The van der Waals surface area contributed by atoms with E-state index in [1.807, 2.05) is 12.4 Å². The van der Waals surface area contributed by atoms with Crippen LogP contribution in [0.5, 0.6) is 0 Å². The van der Waals surface area contributed by atoms with Crippen molar-refractivity contribution in [2.45, 2.75) is 52.2 Å². The quantitative estimate of drug-likeness (QED) is 0.773. The molecule has 0 amide bonds. The fraction of sp³-hybridized carbons (Fsp3) is 0.667. The number of hydrogen-bond acceptors (Lipinski definition) is 2. The van der Waals surface area contributed by atoms with Gasteiger partial charge in [-0.15, -0.1) is 0 Å². The molecule has 0 atom stereocenters. The predicted octanol–water partition coefficient (Wildman–Crippen LogP) is 1.88. The van der Waals surface area contributed by atoms with Crippen molar-refractivity contribution in [1.29, 1.82) is 0 Å². The zero-order chi connectivity index (χ0) is 12.0. The maximum absolute atomic E-state index is 6.01. The van der Waals surface area contributed by atoms with E-state index in [1.54, 1.807) is 0 Å². The summed E-state index contributed by atoms with van der Waals surface area (Å²) in [7, 11) is -0.244. The van der Waals surface area contributed by atoms with Crippen LogP contribution in [0, 0.1) is 0 Å². The van der Waals surface area contributed by atoms with Crippen LogP contribution in [0.2, 0.25) is 0 Å². The monoisotopic (exact) mass is 221 g/mol. The summed E-state index contributed by atoms with van der Waals surface area (Å²) in [5.41, 5.74) is 1.86. The first-order valence-electron chi connectivity index (χ1n) is 5.88. The van der Waals surface area contributed by atoms with E-state index in [2.05, 4.69) is 39.6 Å². The lowest BCUT2D eigenvalue weighted by molar-refractivity contribution is 0.00578. The van der Waals surface area contributed by atoms with E-state index in [1.165, 1.54) is 5.56 Å². The molecule has 2 rings (SSSR count). The van der Waals surface area contributed by atoms with Crippen LogP contribution in [0.15, 0.2) is 12.4 Å². The minimum absolute atomic E-state index is 0.244. The fourth-order valence-electron chi connectivity index (χ4n) is 1.90. The van der Waals surface area contributed by atoms with E-state index in [9.17, 15) is 0 Å². The van der Waals surface area contributed by atoms with Crippen molar-refractivity contribution in [2.24, 2.45) is 0 Å². The van der Waals surface area contributed by atoms with Crippen molar-refractivity contribution in [3.05, 3.63) is 18.0 Å². The Morgan fingerprint density at radius 3 is 2.19 bits per heavy atom. The molecule has 4 heteroatoms. The number of nitrogens with one attached hydrogen (secondary N) is 1. The number of aromatic amines is 1. The molecular formula is C12H20BNO2. The van der Waals surface area contributed by atoms with Gasteiger partial charge in [0.15, 0.2) is 0 Å². The molecule has 2 heterocycles. The highest BCUT2D eigenvalue weighted by Gasteiger charge is 2.52. The summed E-state index contributed by atoms with van der Waals surface area (Å²) in [5.74, 6) is 0. The molecule has 1 N–H and O–H groups in total. The Balaban J connectivity index is 2.27. The molecule has 16 heavy (non-hydrogen) atoms. The summed E-state index contributed by atoms with van der Waals surface area (Å²) in [4.78, 5) is 3.12. The minimum atomic E-state index is -0.264. The Kier molecular flexibility index (Phi) is 2.67. The molecule has 1 aliphatic heterocycles. The van der Waals surface area contributed by atoms with E-state index < -0.39 is 0 Å². The Morgan fingerprint density at radius 1 is 1.12 bits per heavy atom.